The van der Waals surface area contributed by atoms with Crippen molar-refractivity contribution in [2.24, 2.45) is 0 Å². The zero-order chi connectivity index (χ0) is 18.1. The van der Waals surface area contributed by atoms with Crippen LogP contribution < -0.4 is 4.74 Å². The second kappa shape index (κ2) is 7.04. The molecule has 2 heterocycles. The van der Waals surface area contributed by atoms with Gasteiger partial charge in [0.05, 0.1) is 7.11 Å². The van der Waals surface area contributed by atoms with Crippen LogP contribution in [0.25, 0.3) is 10.9 Å². The largest absolute Gasteiger partial charge is 0.497 e. The topological polar surface area (TPSA) is 45.3 Å². The van der Waals surface area contributed by atoms with Crippen molar-refractivity contribution in [2.75, 3.05) is 20.2 Å². The lowest BCUT2D eigenvalue weighted by Gasteiger charge is -2.32. The van der Waals surface area contributed by atoms with Gasteiger partial charge in [-0.25, -0.2) is 0 Å². The number of halogens is 1. The van der Waals surface area contributed by atoms with Gasteiger partial charge in [0.15, 0.2) is 0 Å². The number of aromatic nitrogens is 1. The van der Waals surface area contributed by atoms with E-state index in [1.54, 1.807) is 7.11 Å². The summed E-state index contributed by atoms with van der Waals surface area (Å²) in [4.78, 5) is 18.3. The maximum atomic E-state index is 12.9. The van der Waals surface area contributed by atoms with Gasteiger partial charge in [0.2, 0.25) is 0 Å². The van der Waals surface area contributed by atoms with Crippen molar-refractivity contribution in [3.05, 3.63) is 64.8 Å². The number of likely N-dealkylation sites (tertiary alicyclic amines) is 1. The molecule has 1 saturated heterocycles. The number of carbonyl (C=O) groups excluding carboxylic acids is 1. The van der Waals surface area contributed by atoms with Gasteiger partial charge in [-0.3, -0.25) is 4.79 Å². The number of rotatable bonds is 3. The molecule has 1 amide bonds. The molecule has 2 aromatic carbocycles. The van der Waals surface area contributed by atoms with Gasteiger partial charge in [-0.1, -0.05) is 11.6 Å². The number of hydrogen-bond acceptors (Lipinski definition) is 2. The lowest BCUT2D eigenvalue weighted by atomic mass is 9.94. The van der Waals surface area contributed by atoms with Crippen molar-refractivity contribution in [1.82, 2.24) is 9.88 Å². The Labute approximate surface area is 157 Å². The fraction of sp³-hybridized carbons (Fsp3) is 0.286. The average molecular weight is 369 g/mol. The normalized spacial score (nSPS) is 17.5. The van der Waals surface area contributed by atoms with Gasteiger partial charge < -0.3 is 14.6 Å². The van der Waals surface area contributed by atoms with Crippen LogP contribution in [0.4, 0.5) is 0 Å². The summed E-state index contributed by atoms with van der Waals surface area (Å²) in [5.41, 5.74) is 2.97. The van der Waals surface area contributed by atoms with Crippen molar-refractivity contribution in [3.8, 4) is 5.75 Å². The van der Waals surface area contributed by atoms with Crippen LogP contribution >= 0.6 is 11.6 Å². The van der Waals surface area contributed by atoms with E-state index in [1.165, 1.54) is 5.69 Å². The van der Waals surface area contributed by atoms with E-state index in [0.29, 0.717) is 11.5 Å². The Bertz CT molecular complexity index is 933. The van der Waals surface area contributed by atoms with Gasteiger partial charge >= 0.3 is 0 Å². The number of benzene rings is 2. The highest BCUT2D eigenvalue weighted by atomic mass is 35.5. The zero-order valence-corrected chi connectivity index (χ0v) is 15.4. The molecule has 1 aliphatic heterocycles. The molecule has 134 valence electrons. The van der Waals surface area contributed by atoms with Crippen LogP contribution in [-0.4, -0.2) is 36.0 Å². The SMILES string of the molecule is COc1ccc(C(=O)N2CCCC(c3cc4cc(Cl)ccc4[nH]3)C2)cc1. The second-order valence-electron chi connectivity index (χ2n) is 6.78. The molecule has 4 rings (SSSR count). The molecular formula is C21H21ClN2O2. The van der Waals surface area contributed by atoms with E-state index in [4.69, 9.17) is 16.3 Å². The van der Waals surface area contributed by atoms with Crippen LogP contribution in [0.1, 0.15) is 34.8 Å². The molecule has 1 aliphatic rings. The van der Waals surface area contributed by atoms with Crippen LogP contribution in [0.2, 0.25) is 5.02 Å². The lowest BCUT2D eigenvalue weighted by Crippen LogP contribution is -2.39. The summed E-state index contributed by atoms with van der Waals surface area (Å²) in [5.74, 6) is 1.16. The molecular weight excluding hydrogens is 348 g/mol. The smallest absolute Gasteiger partial charge is 0.253 e. The molecule has 0 spiro atoms. The van der Waals surface area contributed by atoms with Crippen LogP contribution in [0.3, 0.4) is 0 Å². The van der Waals surface area contributed by atoms with Crippen LogP contribution in [0, 0.1) is 0 Å². The first-order chi connectivity index (χ1) is 12.6. The van der Waals surface area contributed by atoms with Gasteiger partial charge in [0.1, 0.15) is 5.75 Å². The fourth-order valence-electron chi connectivity index (χ4n) is 3.68. The maximum Gasteiger partial charge on any atom is 0.253 e. The summed E-state index contributed by atoms with van der Waals surface area (Å²) in [6.07, 6.45) is 2.08. The molecule has 3 aromatic rings. The van der Waals surface area contributed by atoms with Crippen LogP contribution in [0.5, 0.6) is 5.75 Å². The van der Waals surface area contributed by atoms with Gasteiger partial charge in [0.25, 0.3) is 5.91 Å². The molecule has 5 heteroatoms. The molecule has 0 radical (unpaired) electrons. The number of aromatic amines is 1. The molecule has 0 saturated carbocycles. The standard InChI is InChI=1S/C21H21ClN2O2/c1-26-18-7-4-14(5-8-18)21(25)24-10-2-3-15(13-24)20-12-16-11-17(22)6-9-19(16)23-20/h4-9,11-12,15,23H,2-3,10,13H2,1H3. The Hall–Kier alpha value is -2.46. The minimum absolute atomic E-state index is 0.0801. The lowest BCUT2D eigenvalue weighted by molar-refractivity contribution is 0.0706. The minimum atomic E-state index is 0.0801. The molecule has 1 unspecified atom stereocenters. The van der Waals surface area contributed by atoms with E-state index in [0.717, 1.165) is 47.6 Å². The van der Waals surface area contributed by atoms with E-state index in [9.17, 15) is 4.79 Å². The Morgan fingerprint density at radius 1 is 1.19 bits per heavy atom. The molecule has 0 aliphatic carbocycles. The number of hydrogen-bond donors (Lipinski definition) is 1. The molecule has 1 fully saturated rings. The average Bonchev–Trinajstić information content (AvgIpc) is 3.11. The first kappa shape index (κ1) is 17.0. The number of ether oxygens (including phenoxy) is 1. The number of fused-ring (bicyclic) bond motifs is 1. The summed E-state index contributed by atoms with van der Waals surface area (Å²) >= 11 is 6.09. The Kier molecular flexibility index (Phi) is 4.60. The zero-order valence-electron chi connectivity index (χ0n) is 14.7. The van der Waals surface area contributed by atoms with E-state index in [1.807, 2.05) is 47.4 Å². The third-order valence-corrected chi connectivity index (χ3v) is 5.32. The summed E-state index contributed by atoms with van der Waals surface area (Å²) in [5, 5.41) is 1.86. The molecule has 4 nitrogen and oxygen atoms in total. The maximum absolute atomic E-state index is 12.9. The number of piperidine rings is 1. The van der Waals surface area contributed by atoms with E-state index in [2.05, 4.69) is 11.1 Å². The van der Waals surface area contributed by atoms with Gasteiger partial charge in [-0.05, 0) is 61.4 Å². The van der Waals surface area contributed by atoms with E-state index >= 15 is 0 Å². The number of carbonyl (C=O) groups is 1. The minimum Gasteiger partial charge on any atom is -0.497 e. The second-order valence-corrected chi connectivity index (χ2v) is 7.21. The quantitative estimate of drug-likeness (QED) is 0.718. The highest BCUT2D eigenvalue weighted by molar-refractivity contribution is 6.31. The monoisotopic (exact) mass is 368 g/mol. The van der Waals surface area contributed by atoms with E-state index < -0.39 is 0 Å². The summed E-state index contributed by atoms with van der Waals surface area (Å²) in [7, 11) is 1.62. The number of nitrogens with zero attached hydrogens (tertiary/aromatic N) is 1. The van der Waals surface area contributed by atoms with Crippen molar-refractivity contribution in [2.45, 2.75) is 18.8 Å². The predicted molar refractivity (Wildman–Crippen MR) is 104 cm³/mol. The van der Waals surface area contributed by atoms with Crippen molar-refractivity contribution >= 4 is 28.4 Å². The number of methoxy groups -OCH3 is 1. The van der Waals surface area contributed by atoms with Crippen LogP contribution in [-0.2, 0) is 0 Å². The molecule has 0 bridgehead atoms. The Balaban J connectivity index is 1.53. The molecule has 1 aromatic heterocycles. The Morgan fingerprint density at radius 3 is 2.77 bits per heavy atom. The first-order valence-electron chi connectivity index (χ1n) is 8.85. The Morgan fingerprint density at radius 2 is 2.00 bits per heavy atom. The summed E-state index contributed by atoms with van der Waals surface area (Å²) in [6, 6.07) is 15.3. The molecule has 1 atom stereocenters. The first-order valence-corrected chi connectivity index (χ1v) is 9.23. The van der Waals surface area contributed by atoms with Crippen LogP contribution in [0.15, 0.2) is 48.5 Å². The predicted octanol–water partition coefficient (Wildman–Crippen LogP) is 4.85. The van der Waals surface area contributed by atoms with Crippen molar-refractivity contribution in [1.29, 1.82) is 0 Å². The van der Waals surface area contributed by atoms with Crippen molar-refractivity contribution in [3.63, 3.8) is 0 Å². The van der Waals surface area contributed by atoms with Gasteiger partial charge in [-0.2, -0.15) is 0 Å². The highest BCUT2D eigenvalue weighted by Crippen LogP contribution is 2.30. The van der Waals surface area contributed by atoms with Gasteiger partial charge in [-0.15, -0.1) is 0 Å². The summed E-state index contributed by atoms with van der Waals surface area (Å²) < 4.78 is 5.17. The molecule has 26 heavy (non-hydrogen) atoms. The van der Waals surface area contributed by atoms with Crippen molar-refractivity contribution < 1.29 is 9.53 Å². The fourth-order valence-corrected chi connectivity index (χ4v) is 3.86. The van der Waals surface area contributed by atoms with Gasteiger partial charge in [0, 0.05) is 46.2 Å². The third kappa shape index (κ3) is 3.29. The number of amides is 1. The number of nitrogens with one attached hydrogen (secondary N) is 1. The third-order valence-electron chi connectivity index (χ3n) is 5.09. The highest BCUT2D eigenvalue weighted by Gasteiger charge is 2.26. The van der Waals surface area contributed by atoms with E-state index in [-0.39, 0.29) is 5.91 Å². The molecule has 1 N–H and O–H groups in total. The number of H-pyrrole nitrogens is 1. The summed E-state index contributed by atoms with van der Waals surface area (Å²) in [6.45, 7) is 1.53.